The van der Waals surface area contributed by atoms with Gasteiger partial charge in [-0.25, -0.2) is 0 Å². The van der Waals surface area contributed by atoms with Gasteiger partial charge in [0.15, 0.2) is 0 Å². The summed E-state index contributed by atoms with van der Waals surface area (Å²) in [7, 11) is 0. The standard InChI is InChI=1S/C17H25NO2/c1-3-14-8-10-15(11-9-14)12-18-13(2)17(19)20-16-6-4-5-7-16/h8-11,13,16,18H,3-7,12H2,1-2H3. The summed E-state index contributed by atoms with van der Waals surface area (Å²) in [6.45, 7) is 4.72. The Hall–Kier alpha value is -1.35. The molecule has 0 saturated heterocycles. The normalized spacial score (nSPS) is 17.1. The topological polar surface area (TPSA) is 38.3 Å². The van der Waals surface area contributed by atoms with Gasteiger partial charge in [0, 0.05) is 6.54 Å². The highest BCUT2D eigenvalue weighted by Gasteiger charge is 2.22. The molecule has 3 heteroatoms. The molecule has 0 aromatic heterocycles. The summed E-state index contributed by atoms with van der Waals surface area (Å²) in [5.41, 5.74) is 2.53. The first-order valence-corrected chi connectivity index (χ1v) is 7.70. The summed E-state index contributed by atoms with van der Waals surface area (Å²) < 4.78 is 5.50. The SMILES string of the molecule is CCc1ccc(CNC(C)C(=O)OC2CCCC2)cc1. The summed E-state index contributed by atoms with van der Waals surface area (Å²) in [6, 6.07) is 8.25. The monoisotopic (exact) mass is 275 g/mol. The molecule has 1 aromatic rings. The molecule has 0 bridgehead atoms. The molecule has 1 unspecified atom stereocenters. The summed E-state index contributed by atoms with van der Waals surface area (Å²) in [6.07, 6.45) is 5.62. The molecular weight excluding hydrogens is 250 g/mol. The van der Waals surface area contributed by atoms with Crippen LogP contribution >= 0.6 is 0 Å². The highest BCUT2D eigenvalue weighted by molar-refractivity contribution is 5.75. The van der Waals surface area contributed by atoms with Crippen molar-refractivity contribution in [1.29, 1.82) is 0 Å². The minimum Gasteiger partial charge on any atom is -0.461 e. The lowest BCUT2D eigenvalue weighted by molar-refractivity contribution is -0.150. The number of benzene rings is 1. The van der Waals surface area contributed by atoms with Gasteiger partial charge in [-0.1, -0.05) is 31.2 Å². The van der Waals surface area contributed by atoms with Crippen molar-refractivity contribution in [3.05, 3.63) is 35.4 Å². The average molecular weight is 275 g/mol. The van der Waals surface area contributed by atoms with Crippen molar-refractivity contribution in [3.63, 3.8) is 0 Å². The Morgan fingerprint density at radius 3 is 2.45 bits per heavy atom. The van der Waals surface area contributed by atoms with Crippen molar-refractivity contribution < 1.29 is 9.53 Å². The van der Waals surface area contributed by atoms with Crippen LogP contribution in [-0.2, 0) is 22.5 Å². The molecule has 3 nitrogen and oxygen atoms in total. The number of esters is 1. The van der Waals surface area contributed by atoms with Gasteiger partial charge in [-0.3, -0.25) is 4.79 Å². The van der Waals surface area contributed by atoms with Crippen LogP contribution in [-0.4, -0.2) is 18.1 Å². The van der Waals surface area contributed by atoms with Gasteiger partial charge in [0.1, 0.15) is 12.1 Å². The number of ether oxygens (including phenoxy) is 1. The highest BCUT2D eigenvalue weighted by Crippen LogP contribution is 2.21. The van der Waals surface area contributed by atoms with Crippen LogP contribution < -0.4 is 5.32 Å². The lowest BCUT2D eigenvalue weighted by Gasteiger charge is -2.17. The summed E-state index contributed by atoms with van der Waals surface area (Å²) in [4.78, 5) is 11.9. The average Bonchev–Trinajstić information content (AvgIpc) is 2.98. The largest absolute Gasteiger partial charge is 0.461 e. The van der Waals surface area contributed by atoms with Gasteiger partial charge in [-0.15, -0.1) is 0 Å². The number of hydrogen-bond donors (Lipinski definition) is 1. The van der Waals surface area contributed by atoms with E-state index < -0.39 is 0 Å². The van der Waals surface area contributed by atoms with Crippen molar-refractivity contribution in [3.8, 4) is 0 Å². The Kier molecular flexibility index (Phi) is 5.60. The van der Waals surface area contributed by atoms with Gasteiger partial charge in [0.2, 0.25) is 0 Å². The molecule has 0 heterocycles. The summed E-state index contributed by atoms with van der Waals surface area (Å²) >= 11 is 0. The molecule has 0 aliphatic heterocycles. The zero-order valence-electron chi connectivity index (χ0n) is 12.5. The van der Waals surface area contributed by atoms with Gasteiger partial charge in [-0.2, -0.15) is 0 Å². The van der Waals surface area contributed by atoms with Crippen LogP contribution in [0.2, 0.25) is 0 Å². The van der Waals surface area contributed by atoms with Crippen LogP contribution in [0.15, 0.2) is 24.3 Å². The van der Waals surface area contributed by atoms with E-state index in [-0.39, 0.29) is 18.1 Å². The van der Waals surface area contributed by atoms with Crippen LogP contribution in [0.1, 0.15) is 50.7 Å². The third kappa shape index (κ3) is 4.34. The maximum absolute atomic E-state index is 11.9. The maximum atomic E-state index is 11.9. The van der Waals surface area contributed by atoms with Crippen LogP contribution in [0, 0.1) is 0 Å². The van der Waals surface area contributed by atoms with Crippen LogP contribution in [0.4, 0.5) is 0 Å². The molecular formula is C17H25NO2. The molecule has 1 aliphatic rings. The van der Waals surface area contributed by atoms with Crippen molar-refractivity contribution >= 4 is 5.97 Å². The number of carbonyl (C=O) groups is 1. The molecule has 20 heavy (non-hydrogen) atoms. The third-order valence-corrected chi connectivity index (χ3v) is 3.98. The van der Waals surface area contributed by atoms with Crippen molar-refractivity contribution in [1.82, 2.24) is 5.32 Å². The molecule has 110 valence electrons. The number of nitrogens with one attached hydrogen (secondary N) is 1. The minimum absolute atomic E-state index is 0.123. The lowest BCUT2D eigenvalue weighted by Crippen LogP contribution is -2.36. The third-order valence-electron chi connectivity index (χ3n) is 3.98. The predicted octanol–water partition coefficient (Wildman–Crippen LogP) is 3.21. The van der Waals surface area contributed by atoms with Gasteiger partial charge in [-0.05, 0) is 50.2 Å². The molecule has 1 saturated carbocycles. The Balaban J connectivity index is 1.75. The van der Waals surface area contributed by atoms with Crippen LogP contribution in [0.3, 0.4) is 0 Å². The van der Waals surface area contributed by atoms with E-state index in [0.29, 0.717) is 6.54 Å². The van der Waals surface area contributed by atoms with E-state index in [9.17, 15) is 4.79 Å². The highest BCUT2D eigenvalue weighted by atomic mass is 16.5. The fourth-order valence-electron chi connectivity index (χ4n) is 2.52. The Bertz CT molecular complexity index is 421. The molecule has 1 atom stereocenters. The fraction of sp³-hybridized carbons (Fsp3) is 0.588. The van der Waals surface area contributed by atoms with Crippen molar-refractivity contribution in [2.24, 2.45) is 0 Å². The summed E-state index contributed by atoms with van der Waals surface area (Å²) in [5, 5.41) is 3.24. The Labute approximate surface area is 121 Å². The van der Waals surface area contributed by atoms with E-state index in [1.807, 2.05) is 6.92 Å². The number of carbonyl (C=O) groups excluding carboxylic acids is 1. The number of rotatable bonds is 6. The zero-order chi connectivity index (χ0) is 14.4. The van der Waals surface area contributed by atoms with Crippen LogP contribution in [0.5, 0.6) is 0 Å². The molecule has 1 aliphatic carbocycles. The Morgan fingerprint density at radius 2 is 1.85 bits per heavy atom. The first-order valence-electron chi connectivity index (χ1n) is 7.70. The van der Waals surface area contributed by atoms with E-state index >= 15 is 0 Å². The first-order chi connectivity index (χ1) is 9.69. The van der Waals surface area contributed by atoms with E-state index in [2.05, 4.69) is 36.5 Å². The molecule has 0 radical (unpaired) electrons. The first kappa shape index (κ1) is 15.0. The lowest BCUT2D eigenvalue weighted by atomic mass is 10.1. The molecule has 2 rings (SSSR count). The van der Waals surface area contributed by atoms with Crippen LogP contribution in [0.25, 0.3) is 0 Å². The number of aryl methyl sites for hydroxylation is 1. The van der Waals surface area contributed by atoms with Crippen molar-refractivity contribution in [2.45, 2.75) is 64.6 Å². The second-order valence-corrected chi connectivity index (χ2v) is 5.62. The fourth-order valence-corrected chi connectivity index (χ4v) is 2.52. The maximum Gasteiger partial charge on any atom is 0.323 e. The molecule has 1 aromatic carbocycles. The van der Waals surface area contributed by atoms with E-state index in [0.717, 1.165) is 19.3 Å². The Morgan fingerprint density at radius 1 is 1.25 bits per heavy atom. The smallest absolute Gasteiger partial charge is 0.323 e. The molecule has 0 amide bonds. The quantitative estimate of drug-likeness (QED) is 0.810. The zero-order valence-corrected chi connectivity index (χ0v) is 12.5. The molecule has 0 spiro atoms. The van der Waals surface area contributed by atoms with Gasteiger partial charge in [0.05, 0.1) is 0 Å². The van der Waals surface area contributed by atoms with E-state index in [4.69, 9.17) is 4.74 Å². The predicted molar refractivity (Wildman–Crippen MR) is 80.5 cm³/mol. The van der Waals surface area contributed by atoms with Gasteiger partial charge < -0.3 is 10.1 Å². The van der Waals surface area contributed by atoms with Crippen molar-refractivity contribution in [2.75, 3.05) is 0 Å². The van der Waals surface area contributed by atoms with Gasteiger partial charge >= 0.3 is 5.97 Å². The number of hydrogen-bond acceptors (Lipinski definition) is 3. The van der Waals surface area contributed by atoms with E-state index in [1.165, 1.54) is 24.0 Å². The second-order valence-electron chi connectivity index (χ2n) is 5.62. The summed E-state index contributed by atoms with van der Waals surface area (Å²) in [5.74, 6) is -0.123. The minimum atomic E-state index is -0.249. The molecule has 1 fully saturated rings. The second kappa shape index (κ2) is 7.44. The van der Waals surface area contributed by atoms with E-state index in [1.54, 1.807) is 0 Å². The van der Waals surface area contributed by atoms with Gasteiger partial charge in [0.25, 0.3) is 0 Å². The molecule has 1 N–H and O–H groups in total.